The molecule has 15 heteroatoms. The van der Waals surface area contributed by atoms with E-state index in [0.29, 0.717) is 17.8 Å². The lowest BCUT2D eigenvalue weighted by molar-refractivity contribution is 0.254. The topological polar surface area (TPSA) is 118 Å². The van der Waals surface area contributed by atoms with E-state index < -0.39 is 55.9 Å². The fraction of sp³-hybridized carbons (Fsp3) is 0.222. The number of aromatic nitrogens is 3. The molecule has 3 heterocycles. The van der Waals surface area contributed by atoms with Crippen LogP contribution in [0.4, 0.5) is 29.2 Å². The molecule has 42 heavy (non-hydrogen) atoms. The average Bonchev–Trinajstić information content (AvgIpc) is 2.95. The van der Waals surface area contributed by atoms with Gasteiger partial charge in [-0.05, 0) is 24.3 Å². The normalized spacial score (nSPS) is 17.1. The highest BCUT2D eigenvalue weighted by Gasteiger charge is 2.25. The molecule has 1 fully saturated rings. The van der Waals surface area contributed by atoms with Crippen LogP contribution < -0.4 is 20.1 Å². The van der Waals surface area contributed by atoms with Crippen molar-refractivity contribution in [1.82, 2.24) is 20.3 Å². The van der Waals surface area contributed by atoms with Gasteiger partial charge in [0.15, 0.2) is 11.6 Å². The molecule has 1 saturated heterocycles. The number of sulfonamides is 1. The molecule has 0 radical (unpaired) electrons. The highest BCUT2D eigenvalue weighted by atomic mass is 35.5. The maximum atomic E-state index is 15.1. The smallest absolute Gasteiger partial charge is 0.237 e. The van der Waals surface area contributed by atoms with E-state index in [-0.39, 0.29) is 36.4 Å². The molecule has 9 nitrogen and oxygen atoms in total. The Kier molecular flexibility index (Phi) is 8.75. The number of hydrogen-bond acceptors (Lipinski definition) is 8. The second kappa shape index (κ2) is 12.5. The summed E-state index contributed by atoms with van der Waals surface area (Å²) in [6.45, 7) is 0.799. The summed E-state index contributed by atoms with van der Waals surface area (Å²) in [5.41, 5.74) is -0.424. The first-order valence-corrected chi connectivity index (χ1v) is 14.6. The Balaban J connectivity index is 1.38. The molecule has 3 N–H and O–H groups in total. The summed E-state index contributed by atoms with van der Waals surface area (Å²) in [4.78, 5) is 12.7. The Hall–Kier alpha value is -4.01. The van der Waals surface area contributed by atoms with Crippen molar-refractivity contribution in [2.45, 2.75) is 24.4 Å². The number of benzene rings is 2. The molecule has 0 amide bonds. The van der Waals surface area contributed by atoms with E-state index in [2.05, 4.69) is 25.6 Å². The monoisotopic (exact) mass is 622 g/mol. The molecule has 2 aromatic heterocycles. The number of nitrogens with one attached hydrogen (secondary N) is 3. The number of anilines is 2. The predicted octanol–water partition coefficient (Wildman–Crippen LogP) is 5.46. The van der Waals surface area contributed by atoms with Gasteiger partial charge < -0.3 is 15.4 Å². The zero-order valence-corrected chi connectivity index (χ0v) is 23.2. The minimum atomic E-state index is -4.38. The van der Waals surface area contributed by atoms with Gasteiger partial charge in [-0.3, -0.25) is 4.72 Å². The molecule has 1 aliphatic heterocycles. The van der Waals surface area contributed by atoms with Crippen LogP contribution in [0.1, 0.15) is 12.0 Å². The van der Waals surface area contributed by atoms with Gasteiger partial charge in [-0.25, -0.2) is 36.5 Å². The number of halogens is 5. The average molecular weight is 623 g/mol. The van der Waals surface area contributed by atoms with Gasteiger partial charge >= 0.3 is 0 Å². The number of alkyl halides is 1. The number of ether oxygens (including phenoxy) is 1. The van der Waals surface area contributed by atoms with Crippen LogP contribution in [-0.2, 0) is 15.8 Å². The van der Waals surface area contributed by atoms with Crippen LogP contribution in [-0.4, -0.2) is 48.7 Å². The summed E-state index contributed by atoms with van der Waals surface area (Å²) in [5, 5.41) is 5.53. The van der Waals surface area contributed by atoms with E-state index in [1.807, 2.05) is 4.72 Å². The zero-order valence-electron chi connectivity index (χ0n) is 21.6. The van der Waals surface area contributed by atoms with Crippen LogP contribution in [0.5, 0.6) is 11.6 Å². The van der Waals surface area contributed by atoms with Gasteiger partial charge in [0.1, 0.15) is 17.7 Å². The minimum Gasteiger partial charge on any atom is -0.435 e. The Morgan fingerprint density at radius 3 is 2.62 bits per heavy atom. The van der Waals surface area contributed by atoms with E-state index in [0.717, 1.165) is 12.1 Å². The second-order valence-electron chi connectivity index (χ2n) is 9.37. The van der Waals surface area contributed by atoms with Gasteiger partial charge in [0, 0.05) is 49.6 Å². The van der Waals surface area contributed by atoms with Crippen LogP contribution >= 0.6 is 11.6 Å². The van der Waals surface area contributed by atoms with Gasteiger partial charge in [0.2, 0.25) is 27.7 Å². The maximum Gasteiger partial charge on any atom is 0.237 e. The molecule has 0 saturated carbocycles. The first-order chi connectivity index (χ1) is 20.1. The van der Waals surface area contributed by atoms with Crippen molar-refractivity contribution >= 4 is 33.3 Å². The van der Waals surface area contributed by atoms with Crippen molar-refractivity contribution in [2.75, 3.05) is 23.1 Å². The summed E-state index contributed by atoms with van der Waals surface area (Å²) in [6.07, 6.45) is 2.09. The highest BCUT2D eigenvalue weighted by Crippen LogP contribution is 2.38. The van der Waals surface area contributed by atoms with E-state index in [1.54, 1.807) is 18.2 Å². The minimum absolute atomic E-state index is 0.160. The Morgan fingerprint density at radius 2 is 1.83 bits per heavy atom. The summed E-state index contributed by atoms with van der Waals surface area (Å²) >= 11 is 6.12. The third-order valence-corrected chi connectivity index (χ3v) is 7.73. The molecule has 0 unspecified atom stereocenters. The van der Waals surface area contributed by atoms with Gasteiger partial charge in [0.25, 0.3) is 0 Å². The van der Waals surface area contributed by atoms with Crippen molar-refractivity contribution in [3.63, 3.8) is 0 Å². The Morgan fingerprint density at radius 1 is 1.02 bits per heavy atom. The number of nitrogens with zero attached hydrogens (tertiary/aromatic N) is 3. The van der Waals surface area contributed by atoms with Crippen molar-refractivity contribution in [3.05, 3.63) is 89.0 Å². The lowest BCUT2D eigenvalue weighted by Crippen LogP contribution is -2.44. The van der Waals surface area contributed by atoms with Crippen molar-refractivity contribution in [2.24, 2.45) is 0 Å². The number of hydrogen-bond donors (Lipinski definition) is 3. The molecule has 0 aliphatic carbocycles. The summed E-state index contributed by atoms with van der Waals surface area (Å²) < 4.78 is 90.5. The largest absolute Gasteiger partial charge is 0.435 e. The van der Waals surface area contributed by atoms with E-state index >= 15 is 8.78 Å². The number of rotatable bonds is 9. The van der Waals surface area contributed by atoms with Crippen LogP contribution in [0, 0.1) is 17.5 Å². The van der Waals surface area contributed by atoms with Crippen molar-refractivity contribution in [3.8, 4) is 22.9 Å². The zero-order chi connectivity index (χ0) is 29.9. The van der Waals surface area contributed by atoms with Gasteiger partial charge in [0.05, 0.1) is 22.0 Å². The third kappa shape index (κ3) is 6.89. The highest BCUT2D eigenvalue weighted by molar-refractivity contribution is 7.91. The lowest BCUT2D eigenvalue weighted by Gasteiger charge is -2.26. The molecule has 2 aromatic carbocycles. The Labute approximate surface area is 243 Å². The van der Waals surface area contributed by atoms with Crippen molar-refractivity contribution < 1.29 is 30.7 Å². The molecule has 220 valence electrons. The second-order valence-corrected chi connectivity index (χ2v) is 11.5. The van der Waals surface area contributed by atoms with Crippen LogP contribution in [0.2, 0.25) is 5.02 Å². The van der Waals surface area contributed by atoms with Gasteiger partial charge in [-0.2, -0.15) is 4.39 Å². The van der Waals surface area contributed by atoms with E-state index in [4.69, 9.17) is 16.3 Å². The van der Waals surface area contributed by atoms with Crippen molar-refractivity contribution in [1.29, 1.82) is 0 Å². The van der Waals surface area contributed by atoms with Gasteiger partial charge in [-0.1, -0.05) is 29.8 Å². The Bertz CT molecular complexity index is 1720. The molecular weight excluding hydrogens is 600 g/mol. The molecule has 0 bridgehead atoms. The van der Waals surface area contributed by atoms with Gasteiger partial charge in [-0.15, -0.1) is 0 Å². The summed E-state index contributed by atoms with van der Waals surface area (Å²) in [6, 6.07) is 10.5. The van der Waals surface area contributed by atoms with E-state index in [9.17, 15) is 17.2 Å². The lowest BCUT2D eigenvalue weighted by atomic mass is 10.1. The molecular formula is C27H23ClF4N6O3S. The fourth-order valence-corrected chi connectivity index (χ4v) is 5.80. The fourth-order valence-electron chi connectivity index (χ4n) is 4.28. The quantitative estimate of drug-likeness (QED) is 0.167. The van der Waals surface area contributed by atoms with Crippen LogP contribution in [0.15, 0.2) is 60.9 Å². The molecule has 4 aromatic rings. The van der Waals surface area contributed by atoms with Crippen LogP contribution in [0.25, 0.3) is 11.3 Å². The number of piperidine rings is 1. The molecule has 2 atom stereocenters. The maximum absolute atomic E-state index is 15.1. The standard InChI is InChI=1S/C27H23ClF4N6O3S/c28-19-11-22(23(31)24(32)25(19)38-42(39,40)14-15-4-1-2-6-20(15)30)41-26-18(5-3-8-34-26)21-7-9-35-27(37-21)36-17-10-16(29)12-33-13-17/h1-9,11,16-17,33,38H,10,12-14H2,(H,35,36,37)/t16-,17-/m0/s1. The summed E-state index contributed by atoms with van der Waals surface area (Å²) in [5.74, 6) is -5.41. The number of pyridine rings is 1. The first-order valence-electron chi connectivity index (χ1n) is 12.6. The molecule has 1 aliphatic rings. The molecule has 5 rings (SSSR count). The molecule has 0 spiro atoms. The van der Waals surface area contributed by atoms with Crippen LogP contribution in [0.3, 0.4) is 0 Å². The van der Waals surface area contributed by atoms with E-state index in [1.165, 1.54) is 30.6 Å². The predicted molar refractivity (Wildman–Crippen MR) is 149 cm³/mol. The summed E-state index contributed by atoms with van der Waals surface area (Å²) in [7, 11) is -4.38. The third-order valence-electron chi connectivity index (χ3n) is 6.23. The SMILES string of the molecule is O=S(=O)(Cc1ccccc1F)Nc1c(Cl)cc(Oc2ncccc2-c2ccnc(N[C@@H]3CNC[C@@H](F)C3)n2)c(F)c1F. The first kappa shape index (κ1) is 29.5.